The fourth-order valence-electron chi connectivity index (χ4n) is 7.22. The summed E-state index contributed by atoms with van der Waals surface area (Å²) in [5, 5.41) is 3.51. The molecule has 0 saturated carbocycles. The lowest BCUT2D eigenvalue weighted by atomic mass is 9.78. The van der Waals surface area contributed by atoms with E-state index in [9.17, 15) is 0 Å². The molecule has 208 valence electrons. The van der Waals surface area contributed by atoms with Crippen LogP contribution in [0, 0.1) is 0 Å². The van der Waals surface area contributed by atoms with Gasteiger partial charge in [0, 0.05) is 30.4 Å². The lowest BCUT2D eigenvalue weighted by Gasteiger charge is -2.25. The molecule has 0 saturated heterocycles. The zero-order chi connectivity index (χ0) is 34.3. The van der Waals surface area contributed by atoms with E-state index in [1.807, 2.05) is 36.4 Å². The predicted molar refractivity (Wildman–Crippen MR) is 182 cm³/mol. The van der Waals surface area contributed by atoms with Crippen LogP contribution >= 0.6 is 0 Å². The Bertz CT molecular complexity index is 2230. The molecule has 0 radical (unpaired) electrons. The molecule has 0 fully saturated rings. The molecule has 0 spiro atoms. The van der Waals surface area contributed by atoms with E-state index >= 15 is 0 Å². The summed E-state index contributed by atoms with van der Waals surface area (Å²) in [5.74, 6) is 0. The van der Waals surface area contributed by atoms with Gasteiger partial charge in [-0.05, 0) is 103 Å². The molecule has 8 rings (SSSR count). The molecule has 1 N–H and O–H groups in total. The van der Waals surface area contributed by atoms with Crippen molar-refractivity contribution >= 4 is 11.4 Å². The maximum atomic E-state index is 8.59. The Morgan fingerprint density at radius 2 is 1.05 bits per heavy atom. The van der Waals surface area contributed by atoms with E-state index in [1.165, 1.54) is 27.8 Å². The maximum absolute atomic E-state index is 8.59. The highest BCUT2D eigenvalue weighted by Gasteiger charge is 2.39. The third-order valence-electron chi connectivity index (χ3n) is 9.27. The summed E-state index contributed by atoms with van der Waals surface area (Å²) in [5.41, 5.74) is 10.4. The zero-order valence-corrected chi connectivity index (χ0v) is 24.2. The van der Waals surface area contributed by atoms with Crippen LogP contribution in [-0.2, 0) is 10.8 Å². The Morgan fingerprint density at radius 1 is 0.442 bits per heavy atom. The molecule has 0 aromatic heterocycles. The van der Waals surface area contributed by atoms with Gasteiger partial charge in [-0.25, -0.2) is 0 Å². The van der Waals surface area contributed by atoms with Crippen molar-refractivity contribution < 1.29 is 8.22 Å². The van der Waals surface area contributed by atoms with Crippen molar-refractivity contribution in [2.45, 2.75) is 38.4 Å². The number of hydrogen-bond donors (Lipinski definition) is 1. The highest BCUT2D eigenvalue weighted by molar-refractivity contribution is 5.93. The van der Waals surface area contributed by atoms with E-state index in [0.717, 1.165) is 22.4 Å². The van der Waals surface area contributed by atoms with Gasteiger partial charge in [0.2, 0.25) is 0 Å². The van der Waals surface area contributed by atoms with Crippen LogP contribution in [0.4, 0.5) is 11.4 Å². The Hall–Kier alpha value is -4.88. The third kappa shape index (κ3) is 3.92. The van der Waals surface area contributed by atoms with Crippen LogP contribution in [-0.4, -0.2) is 0 Å². The topological polar surface area (TPSA) is 12.0 Å². The summed E-state index contributed by atoms with van der Waals surface area (Å²) in [6, 6.07) is 44.4. The van der Waals surface area contributed by atoms with Crippen LogP contribution in [0.15, 0.2) is 133 Å². The van der Waals surface area contributed by atoms with Gasteiger partial charge in [-0.3, -0.25) is 0 Å². The monoisotopic (exact) mass is 559 g/mol. The first-order valence-corrected chi connectivity index (χ1v) is 14.8. The molecule has 0 unspecified atom stereocenters. The van der Waals surface area contributed by atoms with Crippen LogP contribution in [0.1, 0.15) is 58.0 Å². The molecule has 6 aromatic rings. The predicted octanol–water partition coefficient (Wildman–Crippen LogP) is 11.4. The molecule has 6 aromatic carbocycles. The molecule has 1 heteroatoms. The zero-order valence-electron chi connectivity index (χ0n) is 30.2. The Balaban J connectivity index is 1.27. The molecule has 0 aliphatic heterocycles. The third-order valence-corrected chi connectivity index (χ3v) is 9.27. The Morgan fingerprint density at radius 3 is 1.81 bits per heavy atom. The Kier molecular flexibility index (Phi) is 4.35. The average molecular weight is 560 g/mol. The number of fused-ring (bicyclic) bond motifs is 6. The summed E-state index contributed by atoms with van der Waals surface area (Å²) in [7, 11) is 0. The lowest BCUT2D eigenvalue weighted by Crippen LogP contribution is -2.16. The van der Waals surface area contributed by atoms with E-state index in [1.54, 1.807) is 18.2 Å². The van der Waals surface area contributed by atoms with Gasteiger partial charge in [-0.1, -0.05) is 125 Å². The van der Waals surface area contributed by atoms with Crippen molar-refractivity contribution in [3.63, 3.8) is 0 Å². The number of benzene rings is 6. The lowest BCUT2D eigenvalue weighted by molar-refractivity contribution is 0.660. The minimum Gasteiger partial charge on any atom is -0.355 e. The molecule has 1 nitrogen and oxygen atoms in total. The second kappa shape index (κ2) is 9.31. The van der Waals surface area contributed by atoms with E-state index in [-0.39, 0.29) is 5.41 Å². The van der Waals surface area contributed by atoms with Crippen molar-refractivity contribution in [2.75, 3.05) is 5.32 Å². The molecule has 0 atom stereocenters. The van der Waals surface area contributed by atoms with Crippen LogP contribution < -0.4 is 5.32 Å². The number of anilines is 2. The van der Waals surface area contributed by atoms with E-state index in [4.69, 9.17) is 8.22 Å². The number of rotatable bonds is 4. The largest absolute Gasteiger partial charge is 0.355 e. The van der Waals surface area contributed by atoms with Gasteiger partial charge >= 0.3 is 0 Å². The van der Waals surface area contributed by atoms with E-state index in [2.05, 4.69) is 98.0 Å². The summed E-state index contributed by atoms with van der Waals surface area (Å²) in [6.45, 7) is -1.07. The molecule has 2 aliphatic rings. The highest BCUT2D eigenvalue weighted by Crippen LogP contribution is 2.54. The summed E-state index contributed by atoms with van der Waals surface area (Å²) >= 11 is 0. The average Bonchev–Trinajstić information content (AvgIpc) is 3.51. The standard InChI is InChI=1S/C42H35N/c1-41(2)37-18-12-11-17-32(37)33-21-19-31(26-39(33)41)43-30-20-22-38-35(25-30)36-24-29(27-13-7-5-8-14-27)23-34(40(36)42(38,3)4)28-15-9-6-10-16-28/h5-26,43H,1-4H3/i1D3,2D3. The quantitative estimate of drug-likeness (QED) is 0.226. The normalized spacial score (nSPS) is 17.5. The summed E-state index contributed by atoms with van der Waals surface area (Å²) < 4.78 is 51.5. The summed E-state index contributed by atoms with van der Waals surface area (Å²) in [6.07, 6.45) is 0. The van der Waals surface area contributed by atoms with Crippen molar-refractivity contribution in [1.82, 2.24) is 0 Å². The first kappa shape index (κ1) is 20.1. The van der Waals surface area contributed by atoms with Gasteiger partial charge in [0.1, 0.15) is 0 Å². The van der Waals surface area contributed by atoms with Crippen LogP contribution in [0.3, 0.4) is 0 Å². The first-order chi connectivity index (χ1) is 23.3. The first-order valence-electron chi connectivity index (χ1n) is 17.8. The second-order valence-corrected chi connectivity index (χ2v) is 12.2. The maximum Gasteiger partial charge on any atom is 0.0390 e. The van der Waals surface area contributed by atoms with Crippen LogP contribution in [0.25, 0.3) is 44.5 Å². The van der Waals surface area contributed by atoms with Crippen molar-refractivity contribution in [1.29, 1.82) is 0 Å². The summed E-state index contributed by atoms with van der Waals surface area (Å²) in [4.78, 5) is 0. The molecule has 2 aliphatic carbocycles. The van der Waals surface area contributed by atoms with Crippen molar-refractivity contribution in [3.05, 3.63) is 156 Å². The van der Waals surface area contributed by atoms with Gasteiger partial charge < -0.3 is 5.32 Å². The number of hydrogen-bond acceptors (Lipinski definition) is 1. The SMILES string of the molecule is [2H]C([2H])([2H])C1(C([2H])([2H])[2H])c2ccccc2-c2ccc(Nc3ccc4c(c3)-c3cc(-c5ccccc5)cc(-c5ccccc5)c3C4(C)C)cc21. The van der Waals surface area contributed by atoms with Gasteiger partial charge in [0.15, 0.2) is 0 Å². The van der Waals surface area contributed by atoms with Gasteiger partial charge in [-0.15, -0.1) is 0 Å². The van der Waals surface area contributed by atoms with Crippen molar-refractivity contribution in [3.8, 4) is 44.5 Å². The highest BCUT2D eigenvalue weighted by atomic mass is 14.9. The molecule has 0 heterocycles. The minimum atomic E-state index is -2.81. The smallest absolute Gasteiger partial charge is 0.0390 e. The molecule has 43 heavy (non-hydrogen) atoms. The molecular weight excluding hydrogens is 518 g/mol. The van der Waals surface area contributed by atoms with Gasteiger partial charge in [0.05, 0.1) is 0 Å². The Labute approximate surface area is 263 Å². The second-order valence-electron chi connectivity index (χ2n) is 12.2. The van der Waals surface area contributed by atoms with Gasteiger partial charge in [0.25, 0.3) is 0 Å². The van der Waals surface area contributed by atoms with E-state index in [0.29, 0.717) is 27.9 Å². The molecule has 0 bridgehead atoms. The fraction of sp³-hybridized carbons (Fsp3) is 0.143. The van der Waals surface area contributed by atoms with Gasteiger partial charge in [-0.2, -0.15) is 0 Å². The van der Waals surface area contributed by atoms with Crippen molar-refractivity contribution in [2.24, 2.45) is 0 Å². The minimum absolute atomic E-state index is 0.262. The van der Waals surface area contributed by atoms with Crippen LogP contribution in [0.2, 0.25) is 0 Å². The number of nitrogens with one attached hydrogen (secondary N) is 1. The fourth-order valence-corrected chi connectivity index (χ4v) is 7.22. The van der Waals surface area contributed by atoms with Crippen LogP contribution in [0.5, 0.6) is 0 Å². The van der Waals surface area contributed by atoms with E-state index < -0.39 is 19.1 Å². The molecular formula is C42H35N. The molecule has 0 amide bonds.